The maximum absolute atomic E-state index is 13.0. The average Bonchev–Trinajstić information content (AvgIpc) is 3.44. The highest BCUT2D eigenvalue weighted by Gasteiger charge is 2.31. The number of aromatic amines is 2. The molecule has 3 heterocycles. The lowest BCUT2D eigenvalue weighted by molar-refractivity contribution is -0.137. The summed E-state index contributed by atoms with van der Waals surface area (Å²) in [6.45, 7) is 2.91. The van der Waals surface area contributed by atoms with Crippen LogP contribution in [0.4, 0.5) is 13.2 Å². The van der Waals surface area contributed by atoms with E-state index in [1.165, 1.54) is 6.07 Å². The van der Waals surface area contributed by atoms with Crippen molar-refractivity contribution in [1.82, 2.24) is 14.9 Å². The van der Waals surface area contributed by atoms with E-state index in [1.54, 1.807) is 13.1 Å². The molecule has 0 saturated carbocycles. The van der Waals surface area contributed by atoms with Gasteiger partial charge < -0.3 is 19.8 Å². The number of hydrogen-bond acceptors (Lipinski definition) is 3. The zero-order valence-electron chi connectivity index (χ0n) is 18.0. The van der Waals surface area contributed by atoms with Gasteiger partial charge in [-0.1, -0.05) is 18.2 Å². The highest BCUT2D eigenvalue weighted by atomic mass is 19.4. The first-order valence-electron chi connectivity index (χ1n) is 10.8. The molecule has 0 aliphatic carbocycles. The Labute approximate surface area is 188 Å². The molecule has 2 unspecified atom stereocenters. The van der Waals surface area contributed by atoms with Crippen molar-refractivity contribution in [1.29, 1.82) is 0 Å². The molecule has 0 spiro atoms. The van der Waals surface area contributed by atoms with E-state index in [0.29, 0.717) is 30.8 Å². The number of aromatic nitrogens is 2. The Morgan fingerprint density at radius 1 is 1.06 bits per heavy atom. The number of nitrogens with zero attached hydrogens (tertiary/aromatic N) is 1. The van der Waals surface area contributed by atoms with Crippen LogP contribution in [0.3, 0.4) is 0 Å². The summed E-state index contributed by atoms with van der Waals surface area (Å²) >= 11 is 0. The molecule has 2 aromatic carbocycles. The Morgan fingerprint density at radius 2 is 1.91 bits per heavy atom. The molecule has 0 saturated heterocycles. The molecule has 5 nitrogen and oxygen atoms in total. The fourth-order valence-electron chi connectivity index (χ4n) is 4.50. The van der Waals surface area contributed by atoms with Crippen LogP contribution in [-0.4, -0.2) is 45.4 Å². The van der Waals surface area contributed by atoms with Crippen LogP contribution in [0.2, 0.25) is 0 Å². The Hall–Kier alpha value is -3.23. The standard InChI is InChI=1S/C25H24F3N3O2/c1-15(32)24(33-23-4-2-3-21-19(23)7-10-29-21)31-11-8-16(9-12-31)20-14-30-22-13-17(25(26,27)28)5-6-18(20)22/h2-8,10,13-15,24,29-30,32H,9,11-12H2,1H3. The number of alkyl halides is 3. The zero-order chi connectivity index (χ0) is 23.2. The van der Waals surface area contributed by atoms with Crippen molar-refractivity contribution in [2.45, 2.75) is 31.9 Å². The number of halogens is 3. The third-order valence-electron chi connectivity index (χ3n) is 6.17. The van der Waals surface area contributed by atoms with Crippen LogP contribution in [0.15, 0.2) is 60.9 Å². The molecular formula is C25H24F3N3O2. The topological polar surface area (TPSA) is 64.3 Å². The molecule has 5 rings (SSSR count). The van der Waals surface area contributed by atoms with Gasteiger partial charge >= 0.3 is 6.18 Å². The molecule has 0 radical (unpaired) electrons. The van der Waals surface area contributed by atoms with Gasteiger partial charge in [0.05, 0.1) is 5.56 Å². The third-order valence-corrected chi connectivity index (χ3v) is 6.17. The molecular weight excluding hydrogens is 431 g/mol. The summed E-state index contributed by atoms with van der Waals surface area (Å²) < 4.78 is 45.3. The molecule has 33 heavy (non-hydrogen) atoms. The molecule has 1 aliphatic rings. The predicted octanol–water partition coefficient (Wildman–Crippen LogP) is 5.54. The average molecular weight is 455 g/mol. The molecule has 4 aromatic rings. The second-order valence-corrected chi connectivity index (χ2v) is 8.38. The first-order valence-corrected chi connectivity index (χ1v) is 10.8. The number of hydrogen-bond donors (Lipinski definition) is 3. The summed E-state index contributed by atoms with van der Waals surface area (Å²) in [6.07, 6.45) is 0.744. The number of aliphatic hydroxyl groups excluding tert-OH is 1. The fraction of sp³-hybridized carbons (Fsp3) is 0.280. The molecule has 0 fully saturated rings. The van der Waals surface area contributed by atoms with Crippen molar-refractivity contribution in [3.63, 3.8) is 0 Å². The van der Waals surface area contributed by atoms with Crippen molar-refractivity contribution in [2.75, 3.05) is 13.1 Å². The van der Waals surface area contributed by atoms with E-state index in [-0.39, 0.29) is 0 Å². The number of ether oxygens (including phenoxy) is 1. The highest BCUT2D eigenvalue weighted by Crippen LogP contribution is 2.35. The number of nitrogens with one attached hydrogen (secondary N) is 2. The van der Waals surface area contributed by atoms with Gasteiger partial charge in [-0.2, -0.15) is 13.2 Å². The Balaban J connectivity index is 1.37. The largest absolute Gasteiger partial charge is 0.472 e. The van der Waals surface area contributed by atoms with Gasteiger partial charge in [0.1, 0.15) is 11.9 Å². The molecule has 2 atom stereocenters. The summed E-state index contributed by atoms with van der Waals surface area (Å²) in [5.74, 6) is 0.700. The quantitative estimate of drug-likeness (QED) is 0.370. The zero-order valence-corrected chi connectivity index (χ0v) is 18.0. The Bertz CT molecular complexity index is 1320. The van der Waals surface area contributed by atoms with E-state index in [1.807, 2.05) is 30.5 Å². The third kappa shape index (κ3) is 4.12. The van der Waals surface area contributed by atoms with Gasteiger partial charge in [0.25, 0.3) is 0 Å². The summed E-state index contributed by atoms with van der Waals surface area (Å²) in [7, 11) is 0. The predicted molar refractivity (Wildman–Crippen MR) is 122 cm³/mol. The van der Waals surface area contributed by atoms with Crippen LogP contribution in [0.25, 0.3) is 27.4 Å². The van der Waals surface area contributed by atoms with Crippen LogP contribution in [0.5, 0.6) is 5.75 Å². The van der Waals surface area contributed by atoms with Crippen molar-refractivity contribution in [3.8, 4) is 5.75 Å². The molecule has 3 N–H and O–H groups in total. The molecule has 0 bridgehead atoms. The van der Waals surface area contributed by atoms with Gasteiger partial charge in [-0.25, -0.2) is 0 Å². The summed E-state index contributed by atoms with van der Waals surface area (Å²) in [4.78, 5) is 8.20. The van der Waals surface area contributed by atoms with E-state index in [2.05, 4.69) is 20.9 Å². The maximum atomic E-state index is 13.0. The number of rotatable bonds is 5. The van der Waals surface area contributed by atoms with Crippen molar-refractivity contribution in [3.05, 3.63) is 72.1 Å². The molecule has 2 aromatic heterocycles. The minimum Gasteiger partial charge on any atom is -0.472 e. The van der Waals surface area contributed by atoms with Crippen molar-refractivity contribution in [2.24, 2.45) is 0 Å². The van der Waals surface area contributed by atoms with E-state index < -0.39 is 24.1 Å². The molecule has 1 aliphatic heterocycles. The smallest absolute Gasteiger partial charge is 0.416 e. The monoisotopic (exact) mass is 455 g/mol. The van der Waals surface area contributed by atoms with Crippen LogP contribution in [0.1, 0.15) is 24.5 Å². The van der Waals surface area contributed by atoms with E-state index in [4.69, 9.17) is 4.74 Å². The number of benzene rings is 2. The maximum Gasteiger partial charge on any atom is 0.416 e. The molecule has 172 valence electrons. The van der Waals surface area contributed by atoms with E-state index in [0.717, 1.165) is 39.6 Å². The fourth-order valence-corrected chi connectivity index (χ4v) is 4.50. The number of aliphatic hydroxyl groups is 1. The molecule has 8 heteroatoms. The summed E-state index contributed by atoms with van der Waals surface area (Å²) in [6, 6.07) is 11.5. The number of fused-ring (bicyclic) bond motifs is 2. The van der Waals surface area contributed by atoms with Gasteiger partial charge in [0.15, 0.2) is 6.23 Å². The Morgan fingerprint density at radius 3 is 2.64 bits per heavy atom. The van der Waals surface area contributed by atoms with Gasteiger partial charge in [-0.15, -0.1) is 0 Å². The van der Waals surface area contributed by atoms with Crippen molar-refractivity contribution >= 4 is 27.4 Å². The second kappa shape index (κ2) is 8.28. The van der Waals surface area contributed by atoms with Crippen LogP contribution < -0.4 is 4.74 Å². The highest BCUT2D eigenvalue weighted by molar-refractivity contribution is 5.93. The summed E-state index contributed by atoms with van der Waals surface area (Å²) in [5.41, 5.74) is 2.74. The second-order valence-electron chi connectivity index (χ2n) is 8.38. The van der Waals surface area contributed by atoms with Gasteiger partial charge in [0.2, 0.25) is 0 Å². The normalized spacial score (nSPS) is 17.3. The molecule has 0 amide bonds. The lowest BCUT2D eigenvalue weighted by Gasteiger charge is -2.35. The van der Waals surface area contributed by atoms with Crippen LogP contribution in [0, 0.1) is 0 Å². The first-order chi connectivity index (χ1) is 15.8. The SMILES string of the molecule is CC(O)C(Oc1cccc2[nH]ccc12)N1CC=C(c2c[nH]c3cc(C(F)(F)F)ccc23)CC1. The lowest BCUT2D eigenvalue weighted by Crippen LogP contribution is -2.48. The van der Waals surface area contributed by atoms with Crippen LogP contribution in [-0.2, 0) is 6.18 Å². The minimum atomic E-state index is -4.37. The van der Waals surface area contributed by atoms with Crippen molar-refractivity contribution < 1.29 is 23.0 Å². The first kappa shape index (κ1) is 21.6. The van der Waals surface area contributed by atoms with Gasteiger partial charge in [-0.05, 0) is 49.2 Å². The lowest BCUT2D eigenvalue weighted by atomic mass is 9.98. The summed E-state index contributed by atoms with van der Waals surface area (Å²) in [5, 5.41) is 12.2. The van der Waals surface area contributed by atoms with E-state index in [9.17, 15) is 18.3 Å². The van der Waals surface area contributed by atoms with Gasteiger partial charge in [-0.3, -0.25) is 4.90 Å². The van der Waals surface area contributed by atoms with Gasteiger partial charge in [0, 0.05) is 52.9 Å². The Kier molecular flexibility index (Phi) is 5.42. The van der Waals surface area contributed by atoms with E-state index >= 15 is 0 Å². The van der Waals surface area contributed by atoms with Crippen LogP contribution >= 0.6 is 0 Å². The number of H-pyrrole nitrogens is 2. The minimum absolute atomic E-state index is 0.466.